The van der Waals surface area contributed by atoms with Crippen LogP contribution in [0.3, 0.4) is 0 Å². The lowest BCUT2D eigenvalue weighted by atomic mass is 10.1. The van der Waals surface area contributed by atoms with Gasteiger partial charge in [-0.25, -0.2) is 0 Å². The van der Waals surface area contributed by atoms with Crippen molar-refractivity contribution in [3.05, 3.63) is 11.7 Å². The molecule has 16 heavy (non-hydrogen) atoms. The van der Waals surface area contributed by atoms with E-state index in [1.807, 2.05) is 6.92 Å². The summed E-state index contributed by atoms with van der Waals surface area (Å²) in [5, 5.41) is 6.64. The third-order valence-electron chi connectivity index (χ3n) is 2.96. The van der Waals surface area contributed by atoms with Gasteiger partial charge in [-0.05, 0) is 12.8 Å². The molecule has 88 valence electrons. The fourth-order valence-corrected chi connectivity index (χ4v) is 2.00. The van der Waals surface area contributed by atoms with Crippen molar-refractivity contribution >= 4 is 5.91 Å². The van der Waals surface area contributed by atoms with Crippen molar-refractivity contribution < 1.29 is 9.32 Å². The van der Waals surface area contributed by atoms with Crippen LogP contribution >= 0.6 is 0 Å². The SMILES string of the molecule is CCc1nc(CNC(=O)C2CCCC2)no1. The minimum Gasteiger partial charge on any atom is -0.348 e. The zero-order valence-corrected chi connectivity index (χ0v) is 9.53. The average Bonchev–Trinajstić information content (AvgIpc) is 2.96. The number of aryl methyl sites for hydroxylation is 1. The van der Waals surface area contributed by atoms with E-state index in [-0.39, 0.29) is 11.8 Å². The molecule has 1 aliphatic rings. The van der Waals surface area contributed by atoms with E-state index in [4.69, 9.17) is 4.52 Å². The Morgan fingerprint density at radius 3 is 2.88 bits per heavy atom. The Bertz CT molecular complexity index is 356. The van der Waals surface area contributed by atoms with Gasteiger partial charge < -0.3 is 9.84 Å². The molecule has 0 bridgehead atoms. The second kappa shape index (κ2) is 5.09. The summed E-state index contributed by atoms with van der Waals surface area (Å²) in [5.74, 6) is 1.49. The van der Waals surface area contributed by atoms with E-state index < -0.39 is 0 Å². The standard InChI is InChI=1S/C11H17N3O2/c1-2-10-13-9(14-16-10)7-12-11(15)8-5-3-4-6-8/h8H,2-7H2,1H3,(H,12,15). The molecule has 0 spiro atoms. The Morgan fingerprint density at radius 2 is 2.25 bits per heavy atom. The number of carbonyl (C=O) groups is 1. The Kier molecular flexibility index (Phi) is 3.54. The van der Waals surface area contributed by atoms with Crippen molar-refractivity contribution in [2.75, 3.05) is 0 Å². The molecule has 0 radical (unpaired) electrons. The van der Waals surface area contributed by atoms with Crippen LogP contribution in [0.2, 0.25) is 0 Å². The summed E-state index contributed by atoms with van der Waals surface area (Å²) in [7, 11) is 0. The highest BCUT2D eigenvalue weighted by Crippen LogP contribution is 2.24. The first-order chi connectivity index (χ1) is 7.79. The molecule has 1 heterocycles. The Hall–Kier alpha value is -1.39. The predicted octanol–water partition coefficient (Wildman–Crippen LogP) is 1.44. The van der Waals surface area contributed by atoms with Crippen molar-refractivity contribution in [3.8, 4) is 0 Å². The molecule has 1 saturated carbocycles. The number of amides is 1. The number of hydrogen-bond donors (Lipinski definition) is 1. The van der Waals surface area contributed by atoms with Gasteiger partial charge in [-0.15, -0.1) is 0 Å². The fraction of sp³-hybridized carbons (Fsp3) is 0.727. The summed E-state index contributed by atoms with van der Waals surface area (Å²) in [6, 6.07) is 0. The fourth-order valence-electron chi connectivity index (χ4n) is 2.00. The summed E-state index contributed by atoms with van der Waals surface area (Å²) in [6.45, 7) is 2.33. The molecule has 0 aliphatic heterocycles. The summed E-state index contributed by atoms with van der Waals surface area (Å²) in [4.78, 5) is 15.8. The number of aromatic nitrogens is 2. The third-order valence-corrected chi connectivity index (χ3v) is 2.96. The van der Waals surface area contributed by atoms with Crippen molar-refractivity contribution in [2.45, 2.75) is 45.6 Å². The number of nitrogens with zero attached hydrogens (tertiary/aromatic N) is 2. The summed E-state index contributed by atoms with van der Waals surface area (Å²) < 4.78 is 4.96. The Balaban J connectivity index is 1.80. The first kappa shape index (κ1) is 11.1. The zero-order chi connectivity index (χ0) is 11.4. The summed E-state index contributed by atoms with van der Waals surface area (Å²) in [6.07, 6.45) is 5.08. The lowest BCUT2D eigenvalue weighted by Crippen LogP contribution is -2.29. The molecular weight excluding hydrogens is 206 g/mol. The van der Waals surface area contributed by atoms with Crippen LogP contribution in [-0.4, -0.2) is 16.0 Å². The van der Waals surface area contributed by atoms with Crippen LogP contribution in [-0.2, 0) is 17.8 Å². The van der Waals surface area contributed by atoms with Gasteiger partial charge in [0.2, 0.25) is 11.8 Å². The van der Waals surface area contributed by atoms with E-state index in [1.165, 1.54) is 12.8 Å². The highest BCUT2D eigenvalue weighted by molar-refractivity contribution is 5.78. The maximum Gasteiger partial charge on any atom is 0.226 e. The number of carbonyl (C=O) groups excluding carboxylic acids is 1. The second-order valence-corrected chi connectivity index (χ2v) is 4.16. The van der Waals surface area contributed by atoms with E-state index in [0.29, 0.717) is 18.3 Å². The van der Waals surface area contributed by atoms with Gasteiger partial charge in [-0.2, -0.15) is 4.98 Å². The van der Waals surface area contributed by atoms with Crippen LogP contribution < -0.4 is 5.32 Å². The van der Waals surface area contributed by atoms with E-state index in [0.717, 1.165) is 19.3 Å². The summed E-state index contributed by atoms with van der Waals surface area (Å²) in [5.41, 5.74) is 0. The quantitative estimate of drug-likeness (QED) is 0.838. The second-order valence-electron chi connectivity index (χ2n) is 4.16. The Labute approximate surface area is 94.6 Å². The maximum absolute atomic E-state index is 11.7. The molecule has 1 N–H and O–H groups in total. The molecule has 1 fully saturated rings. The minimum atomic E-state index is 0.125. The molecule has 0 unspecified atom stereocenters. The predicted molar refractivity (Wildman–Crippen MR) is 57.5 cm³/mol. The Morgan fingerprint density at radius 1 is 1.50 bits per heavy atom. The van der Waals surface area contributed by atoms with Crippen LogP contribution in [0.4, 0.5) is 0 Å². The van der Waals surface area contributed by atoms with Crippen molar-refractivity contribution in [1.82, 2.24) is 15.5 Å². The number of nitrogens with one attached hydrogen (secondary N) is 1. The molecule has 1 aromatic heterocycles. The van der Waals surface area contributed by atoms with Gasteiger partial charge in [0.05, 0.1) is 6.54 Å². The summed E-state index contributed by atoms with van der Waals surface area (Å²) >= 11 is 0. The highest BCUT2D eigenvalue weighted by atomic mass is 16.5. The monoisotopic (exact) mass is 223 g/mol. The zero-order valence-electron chi connectivity index (χ0n) is 9.53. The van der Waals surface area contributed by atoms with Crippen LogP contribution in [0.15, 0.2) is 4.52 Å². The molecule has 2 rings (SSSR count). The first-order valence-electron chi connectivity index (χ1n) is 5.88. The van der Waals surface area contributed by atoms with Crippen LogP contribution in [0, 0.1) is 5.92 Å². The van der Waals surface area contributed by atoms with Gasteiger partial charge in [-0.1, -0.05) is 24.9 Å². The van der Waals surface area contributed by atoms with Gasteiger partial charge in [0.25, 0.3) is 0 Å². The van der Waals surface area contributed by atoms with Crippen molar-refractivity contribution in [3.63, 3.8) is 0 Å². The lowest BCUT2D eigenvalue weighted by molar-refractivity contribution is -0.125. The molecule has 1 aromatic rings. The topological polar surface area (TPSA) is 68.0 Å². The molecule has 1 amide bonds. The number of rotatable bonds is 4. The van der Waals surface area contributed by atoms with Gasteiger partial charge >= 0.3 is 0 Å². The van der Waals surface area contributed by atoms with E-state index in [2.05, 4.69) is 15.5 Å². The largest absolute Gasteiger partial charge is 0.348 e. The average molecular weight is 223 g/mol. The van der Waals surface area contributed by atoms with Gasteiger partial charge in [0.1, 0.15) is 0 Å². The van der Waals surface area contributed by atoms with Gasteiger partial charge in [0, 0.05) is 12.3 Å². The molecule has 5 nitrogen and oxygen atoms in total. The molecular formula is C11H17N3O2. The van der Waals surface area contributed by atoms with Crippen molar-refractivity contribution in [2.24, 2.45) is 5.92 Å². The first-order valence-corrected chi connectivity index (χ1v) is 5.88. The van der Waals surface area contributed by atoms with Crippen LogP contribution in [0.25, 0.3) is 0 Å². The maximum atomic E-state index is 11.7. The van der Waals surface area contributed by atoms with E-state index >= 15 is 0 Å². The van der Waals surface area contributed by atoms with E-state index in [1.54, 1.807) is 0 Å². The van der Waals surface area contributed by atoms with Crippen molar-refractivity contribution in [1.29, 1.82) is 0 Å². The molecule has 0 atom stereocenters. The number of hydrogen-bond acceptors (Lipinski definition) is 4. The smallest absolute Gasteiger partial charge is 0.226 e. The molecule has 0 saturated heterocycles. The van der Waals surface area contributed by atoms with E-state index in [9.17, 15) is 4.79 Å². The van der Waals surface area contributed by atoms with Gasteiger partial charge in [0.15, 0.2) is 5.82 Å². The normalized spacial score (nSPS) is 16.6. The van der Waals surface area contributed by atoms with Crippen LogP contribution in [0.5, 0.6) is 0 Å². The highest BCUT2D eigenvalue weighted by Gasteiger charge is 2.22. The molecule has 5 heteroatoms. The molecule has 1 aliphatic carbocycles. The third kappa shape index (κ3) is 2.59. The lowest BCUT2D eigenvalue weighted by Gasteiger charge is -2.07. The van der Waals surface area contributed by atoms with Crippen LogP contribution in [0.1, 0.15) is 44.3 Å². The van der Waals surface area contributed by atoms with Gasteiger partial charge in [-0.3, -0.25) is 4.79 Å². The minimum absolute atomic E-state index is 0.125. The molecule has 0 aromatic carbocycles.